The van der Waals surface area contributed by atoms with Crippen LogP contribution in [0.5, 0.6) is 0 Å². The summed E-state index contributed by atoms with van der Waals surface area (Å²) in [5.41, 5.74) is 7.84. The molecule has 1 aliphatic heterocycles. The van der Waals surface area contributed by atoms with Gasteiger partial charge < -0.3 is 14.2 Å². The SMILES string of the molecule is CC[C@@H]1C[C@H](OCc2ccccc2)[C@@H](OCc2ccccc2)[C@H](c2cc(Cc3cc4ccccc4s3)c(C3CC3)cc2C)O1. The Kier molecular flexibility index (Phi) is 8.95. The van der Waals surface area contributed by atoms with Gasteiger partial charge in [-0.2, -0.15) is 0 Å². The van der Waals surface area contributed by atoms with Crippen LogP contribution in [0.25, 0.3) is 10.1 Å². The normalized spacial score (nSPS) is 22.0. The molecule has 0 amide bonds. The maximum Gasteiger partial charge on any atom is 0.114 e. The minimum absolute atomic E-state index is 0.0730. The van der Waals surface area contributed by atoms with Gasteiger partial charge >= 0.3 is 0 Å². The van der Waals surface area contributed by atoms with Crippen LogP contribution in [0.3, 0.4) is 0 Å². The van der Waals surface area contributed by atoms with Crippen LogP contribution in [-0.2, 0) is 33.8 Å². The van der Waals surface area contributed by atoms with Crippen LogP contribution in [0.2, 0.25) is 0 Å². The molecular formula is C40H42O3S. The highest BCUT2D eigenvalue weighted by atomic mass is 32.1. The van der Waals surface area contributed by atoms with Crippen LogP contribution in [0.15, 0.2) is 103 Å². The third kappa shape index (κ3) is 6.69. The van der Waals surface area contributed by atoms with E-state index in [0.717, 1.165) is 24.8 Å². The predicted molar refractivity (Wildman–Crippen MR) is 180 cm³/mol. The van der Waals surface area contributed by atoms with Crippen molar-refractivity contribution in [1.82, 2.24) is 0 Å². The lowest BCUT2D eigenvalue weighted by Crippen LogP contribution is -2.46. The third-order valence-corrected chi connectivity index (χ3v) is 10.4. The lowest BCUT2D eigenvalue weighted by Gasteiger charge is -2.42. The van der Waals surface area contributed by atoms with Crippen molar-refractivity contribution < 1.29 is 14.2 Å². The molecule has 3 nitrogen and oxygen atoms in total. The van der Waals surface area contributed by atoms with Crippen molar-refractivity contribution in [2.24, 2.45) is 0 Å². The zero-order valence-electron chi connectivity index (χ0n) is 25.8. The molecule has 1 saturated carbocycles. The Hall–Kier alpha value is -3.28. The van der Waals surface area contributed by atoms with E-state index in [-0.39, 0.29) is 24.4 Å². The highest BCUT2D eigenvalue weighted by Gasteiger charge is 2.42. The average molecular weight is 603 g/mol. The second-order valence-corrected chi connectivity index (χ2v) is 13.7. The van der Waals surface area contributed by atoms with E-state index in [1.165, 1.54) is 55.6 Å². The first-order chi connectivity index (χ1) is 21.6. The number of thiophene rings is 1. The summed E-state index contributed by atoms with van der Waals surface area (Å²) in [6.45, 7) is 5.58. The van der Waals surface area contributed by atoms with Gasteiger partial charge in [-0.3, -0.25) is 0 Å². The fourth-order valence-corrected chi connectivity index (χ4v) is 7.77. The van der Waals surface area contributed by atoms with Crippen LogP contribution in [-0.4, -0.2) is 18.3 Å². The van der Waals surface area contributed by atoms with E-state index in [9.17, 15) is 0 Å². The molecule has 0 unspecified atom stereocenters. The first kappa shape index (κ1) is 29.4. The average Bonchev–Trinajstić information content (AvgIpc) is 3.83. The maximum absolute atomic E-state index is 6.95. The number of ether oxygens (including phenoxy) is 3. The zero-order valence-corrected chi connectivity index (χ0v) is 26.6. The molecule has 4 aromatic carbocycles. The van der Waals surface area contributed by atoms with Gasteiger partial charge in [-0.1, -0.05) is 97.9 Å². The van der Waals surface area contributed by atoms with Crippen LogP contribution < -0.4 is 0 Å². The Morgan fingerprint density at radius 2 is 1.45 bits per heavy atom. The van der Waals surface area contributed by atoms with E-state index in [4.69, 9.17) is 14.2 Å². The minimum atomic E-state index is -0.218. The second kappa shape index (κ2) is 13.4. The summed E-state index contributed by atoms with van der Waals surface area (Å²) in [7, 11) is 0. The summed E-state index contributed by atoms with van der Waals surface area (Å²) in [5.74, 6) is 0.676. The van der Waals surface area contributed by atoms with Crippen molar-refractivity contribution in [3.8, 4) is 0 Å². The van der Waals surface area contributed by atoms with Crippen molar-refractivity contribution in [2.75, 3.05) is 0 Å². The van der Waals surface area contributed by atoms with Crippen molar-refractivity contribution in [1.29, 1.82) is 0 Å². The summed E-state index contributed by atoms with van der Waals surface area (Å²) in [4.78, 5) is 1.42. The van der Waals surface area contributed by atoms with E-state index in [0.29, 0.717) is 19.1 Å². The molecule has 4 heteroatoms. The molecule has 226 valence electrons. The Morgan fingerprint density at radius 1 is 0.773 bits per heavy atom. The monoisotopic (exact) mass is 602 g/mol. The number of fused-ring (bicyclic) bond motifs is 1. The topological polar surface area (TPSA) is 27.7 Å². The fourth-order valence-electron chi connectivity index (χ4n) is 6.68. The lowest BCUT2D eigenvalue weighted by atomic mass is 9.86. The van der Waals surface area contributed by atoms with Crippen molar-refractivity contribution in [3.05, 3.63) is 141 Å². The number of aryl methyl sites for hydroxylation is 1. The van der Waals surface area contributed by atoms with Gasteiger partial charge in [-0.05, 0) is 83.0 Å². The Morgan fingerprint density at radius 3 is 2.14 bits per heavy atom. The van der Waals surface area contributed by atoms with E-state index >= 15 is 0 Å². The van der Waals surface area contributed by atoms with Gasteiger partial charge in [0.25, 0.3) is 0 Å². The van der Waals surface area contributed by atoms with Crippen LogP contribution in [0.4, 0.5) is 0 Å². The van der Waals surface area contributed by atoms with Gasteiger partial charge in [-0.15, -0.1) is 11.3 Å². The molecule has 5 aromatic rings. The molecular weight excluding hydrogens is 561 g/mol. The molecule has 2 heterocycles. The molecule has 0 spiro atoms. The van der Waals surface area contributed by atoms with Crippen LogP contribution >= 0.6 is 11.3 Å². The van der Waals surface area contributed by atoms with Gasteiger partial charge in [-0.25, -0.2) is 0 Å². The second-order valence-electron chi connectivity index (χ2n) is 12.5. The molecule has 1 aromatic heterocycles. The van der Waals surface area contributed by atoms with E-state index in [1.54, 1.807) is 0 Å². The molecule has 0 N–H and O–H groups in total. The molecule has 7 rings (SSSR count). The number of hydrogen-bond acceptors (Lipinski definition) is 4. The van der Waals surface area contributed by atoms with E-state index in [1.807, 2.05) is 11.3 Å². The van der Waals surface area contributed by atoms with Gasteiger partial charge in [0.2, 0.25) is 0 Å². The van der Waals surface area contributed by atoms with Crippen molar-refractivity contribution in [3.63, 3.8) is 0 Å². The number of hydrogen-bond donors (Lipinski definition) is 0. The highest BCUT2D eigenvalue weighted by molar-refractivity contribution is 7.19. The maximum atomic E-state index is 6.95. The molecule has 1 aliphatic carbocycles. The Bertz CT molecular complexity index is 1640. The van der Waals surface area contributed by atoms with Crippen LogP contribution in [0, 0.1) is 6.92 Å². The zero-order chi connectivity index (χ0) is 29.9. The Balaban J connectivity index is 1.24. The molecule has 0 bridgehead atoms. The molecule has 2 aliphatic rings. The summed E-state index contributed by atoms with van der Waals surface area (Å²) in [5, 5.41) is 1.34. The Labute approximate surface area is 265 Å². The molecule has 4 atom stereocenters. The number of rotatable bonds is 11. The van der Waals surface area contributed by atoms with Crippen LogP contribution in [0.1, 0.15) is 82.9 Å². The quantitative estimate of drug-likeness (QED) is 0.151. The van der Waals surface area contributed by atoms with Crippen molar-refractivity contribution >= 4 is 21.4 Å². The van der Waals surface area contributed by atoms with E-state index in [2.05, 4.69) is 117 Å². The summed E-state index contributed by atoms with van der Waals surface area (Å²) in [6.07, 6.45) is 4.92. The first-order valence-electron chi connectivity index (χ1n) is 16.2. The lowest BCUT2D eigenvalue weighted by molar-refractivity contribution is -0.211. The predicted octanol–water partition coefficient (Wildman–Crippen LogP) is 10.1. The van der Waals surface area contributed by atoms with Crippen molar-refractivity contribution in [2.45, 2.75) is 89.5 Å². The fraction of sp³-hybridized carbons (Fsp3) is 0.350. The van der Waals surface area contributed by atoms with Gasteiger partial charge in [0, 0.05) is 22.4 Å². The van der Waals surface area contributed by atoms with Gasteiger partial charge in [0.1, 0.15) is 12.2 Å². The molecule has 2 fully saturated rings. The molecule has 44 heavy (non-hydrogen) atoms. The minimum Gasteiger partial charge on any atom is -0.371 e. The standard InChI is InChI=1S/C40H42O3S/c1-3-33-24-37(41-25-28-12-6-4-7-13-28)40(42-26-29-14-8-5-9-15-29)39(43-33)35-23-32(36(20-27(35)2)30-18-19-30)22-34-21-31-16-10-11-17-38(31)44-34/h4-17,20-21,23,30,33,37,39-40H,3,18-19,22,24-26H2,1-2H3/t33-,37+,39+,40-/m1/s1. The van der Waals surface area contributed by atoms with Gasteiger partial charge in [0.05, 0.1) is 25.4 Å². The van der Waals surface area contributed by atoms with Gasteiger partial charge in [0.15, 0.2) is 0 Å². The van der Waals surface area contributed by atoms with E-state index < -0.39 is 0 Å². The molecule has 1 saturated heterocycles. The first-order valence-corrected chi connectivity index (χ1v) is 17.0. The smallest absolute Gasteiger partial charge is 0.114 e. The highest BCUT2D eigenvalue weighted by Crippen LogP contribution is 2.46. The summed E-state index contributed by atoms with van der Waals surface area (Å²) in [6, 6.07) is 37.0. The molecule has 0 radical (unpaired) electrons. The summed E-state index contributed by atoms with van der Waals surface area (Å²) < 4.78 is 21.9. The number of benzene rings is 4. The third-order valence-electron chi connectivity index (χ3n) is 9.24. The summed E-state index contributed by atoms with van der Waals surface area (Å²) >= 11 is 1.92. The largest absolute Gasteiger partial charge is 0.371 e.